The summed E-state index contributed by atoms with van der Waals surface area (Å²) in [5.41, 5.74) is 1.74. The van der Waals surface area contributed by atoms with Crippen molar-refractivity contribution in [1.82, 2.24) is 9.55 Å². The van der Waals surface area contributed by atoms with Crippen LogP contribution in [0.5, 0.6) is 0 Å². The molecule has 0 aliphatic carbocycles. The summed E-state index contributed by atoms with van der Waals surface area (Å²) in [4.78, 5) is 16.5. The van der Waals surface area contributed by atoms with E-state index in [0.29, 0.717) is 23.1 Å². The van der Waals surface area contributed by atoms with Crippen molar-refractivity contribution >= 4 is 23.2 Å². The van der Waals surface area contributed by atoms with E-state index in [-0.39, 0.29) is 18.0 Å². The number of hydrogen-bond donors (Lipinski definition) is 1. The molecule has 0 radical (unpaired) electrons. The number of benzene rings is 2. The highest BCUT2D eigenvalue weighted by atomic mass is 35.5. The molecule has 2 aromatic carbocycles. The maximum Gasteiger partial charge on any atom is 0.224 e. The molecular formula is C22H17ClFN3O2. The summed E-state index contributed by atoms with van der Waals surface area (Å²) in [5, 5.41) is 3.25. The predicted molar refractivity (Wildman–Crippen MR) is 110 cm³/mol. The smallest absolute Gasteiger partial charge is 0.224 e. The SMILES string of the molecule is O=C(CCc1ncc(-c2ccc(Cl)cc2)o1)Nc1cc(-n2cccc2)ccc1F. The Kier molecular flexibility index (Phi) is 5.44. The molecule has 0 aliphatic heterocycles. The van der Waals surface area contributed by atoms with Crippen LogP contribution in [0, 0.1) is 5.82 Å². The fraction of sp³-hybridized carbons (Fsp3) is 0.0909. The third kappa shape index (κ3) is 4.55. The normalized spacial score (nSPS) is 10.8. The van der Waals surface area contributed by atoms with Crippen LogP contribution in [0.4, 0.5) is 10.1 Å². The Balaban J connectivity index is 1.38. The van der Waals surface area contributed by atoms with Crippen molar-refractivity contribution in [2.45, 2.75) is 12.8 Å². The summed E-state index contributed by atoms with van der Waals surface area (Å²) in [6.45, 7) is 0. The van der Waals surface area contributed by atoms with Crippen LogP contribution in [0.15, 0.2) is 77.6 Å². The largest absolute Gasteiger partial charge is 0.441 e. The molecule has 2 heterocycles. The van der Waals surface area contributed by atoms with Gasteiger partial charge in [-0.15, -0.1) is 0 Å². The number of amides is 1. The van der Waals surface area contributed by atoms with Gasteiger partial charge in [-0.25, -0.2) is 9.37 Å². The highest BCUT2D eigenvalue weighted by Gasteiger charge is 2.12. The second-order valence-electron chi connectivity index (χ2n) is 6.43. The summed E-state index contributed by atoms with van der Waals surface area (Å²) < 4.78 is 21.6. The first-order chi connectivity index (χ1) is 14.1. The molecule has 0 atom stereocenters. The Hall–Kier alpha value is -3.38. The molecule has 5 nitrogen and oxygen atoms in total. The van der Waals surface area contributed by atoms with E-state index in [9.17, 15) is 9.18 Å². The molecule has 4 rings (SSSR count). The number of nitrogens with zero attached hydrogens (tertiary/aromatic N) is 2. The van der Waals surface area contributed by atoms with E-state index in [2.05, 4.69) is 10.3 Å². The predicted octanol–water partition coefficient (Wildman–Crippen LogP) is 5.50. The van der Waals surface area contributed by atoms with Gasteiger partial charge in [0, 0.05) is 41.5 Å². The van der Waals surface area contributed by atoms with Gasteiger partial charge in [0.25, 0.3) is 0 Å². The van der Waals surface area contributed by atoms with Gasteiger partial charge in [0.1, 0.15) is 5.82 Å². The Bertz CT molecular complexity index is 1120. The highest BCUT2D eigenvalue weighted by Crippen LogP contribution is 2.23. The number of aryl methyl sites for hydroxylation is 1. The van der Waals surface area contributed by atoms with E-state index in [1.807, 2.05) is 41.2 Å². The quantitative estimate of drug-likeness (QED) is 0.457. The number of nitrogens with one attached hydrogen (secondary N) is 1. The number of hydrogen-bond acceptors (Lipinski definition) is 3. The van der Waals surface area contributed by atoms with Crippen molar-refractivity contribution in [2.24, 2.45) is 0 Å². The van der Waals surface area contributed by atoms with Crippen LogP contribution < -0.4 is 5.32 Å². The van der Waals surface area contributed by atoms with Crippen molar-refractivity contribution in [3.8, 4) is 17.0 Å². The van der Waals surface area contributed by atoms with Crippen molar-refractivity contribution in [2.75, 3.05) is 5.32 Å². The zero-order valence-electron chi connectivity index (χ0n) is 15.3. The number of carbonyl (C=O) groups excluding carboxylic acids is 1. The van der Waals surface area contributed by atoms with Gasteiger partial charge in [-0.1, -0.05) is 11.6 Å². The van der Waals surface area contributed by atoms with E-state index in [0.717, 1.165) is 11.3 Å². The van der Waals surface area contributed by atoms with Crippen LogP contribution in [0.25, 0.3) is 17.0 Å². The van der Waals surface area contributed by atoms with Gasteiger partial charge in [0.05, 0.1) is 11.9 Å². The molecule has 0 unspecified atom stereocenters. The Morgan fingerprint density at radius 1 is 1.14 bits per heavy atom. The lowest BCUT2D eigenvalue weighted by molar-refractivity contribution is -0.116. The lowest BCUT2D eigenvalue weighted by atomic mass is 10.2. The van der Waals surface area contributed by atoms with E-state index >= 15 is 0 Å². The van der Waals surface area contributed by atoms with Gasteiger partial charge in [-0.2, -0.15) is 0 Å². The lowest BCUT2D eigenvalue weighted by Crippen LogP contribution is -2.14. The summed E-state index contributed by atoms with van der Waals surface area (Å²) >= 11 is 5.89. The van der Waals surface area contributed by atoms with Crippen molar-refractivity contribution in [3.05, 3.63) is 89.9 Å². The number of oxazole rings is 1. The van der Waals surface area contributed by atoms with E-state index in [4.69, 9.17) is 16.0 Å². The molecule has 0 saturated heterocycles. The highest BCUT2D eigenvalue weighted by molar-refractivity contribution is 6.30. The fourth-order valence-electron chi connectivity index (χ4n) is 2.88. The van der Waals surface area contributed by atoms with Crippen molar-refractivity contribution < 1.29 is 13.6 Å². The molecule has 146 valence electrons. The molecule has 0 saturated carbocycles. The van der Waals surface area contributed by atoms with Crippen LogP contribution in [0.2, 0.25) is 5.02 Å². The minimum atomic E-state index is -0.490. The number of halogens is 2. The Labute approximate surface area is 171 Å². The van der Waals surface area contributed by atoms with E-state index in [1.165, 1.54) is 6.07 Å². The van der Waals surface area contributed by atoms with E-state index in [1.54, 1.807) is 30.5 Å². The Morgan fingerprint density at radius 3 is 2.66 bits per heavy atom. The zero-order chi connectivity index (χ0) is 20.2. The second-order valence-corrected chi connectivity index (χ2v) is 6.86. The van der Waals surface area contributed by atoms with Gasteiger partial charge in [0.2, 0.25) is 5.91 Å². The van der Waals surface area contributed by atoms with Gasteiger partial charge < -0.3 is 14.3 Å². The van der Waals surface area contributed by atoms with Crippen LogP contribution >= 0.6 is 11.6 Å². The molecule has 0 bridgehead atoms. The third-order valence-corrected chi connectivity index (χ3v) is 4.63. The van der Waals surface area contributed by atoms with Crippen LogP contribution in [-0.4, -0.2) is 15.5 Å². The fourth-order valence-corrected chi connectivity index (χ4v) is 3.01. The van der Waals surface area contributed by atoms with E-state index < -0.39 is 5.82 Å². The van der Waals surface area contributed by atoms with Crippen molar-refractivity contribution in [3.63, 3.8) is 0 Å². The lowest BCUT2D eigenvalue weighted by Gasteiger charge is -2.09. The van der Waals surface area contributed by atoms with Crippen LogP contribution in [-0.2, 0) is 11.2 Å². The van der Waals surface area contributed by atoms with Crippen LogP contribution in [0.3, 0.4) is 0 Å². The molecule has 0 fully saturated rings. The molecule has 0 aliphatic rings. The summed E-state index contributed by atoms with van der Waals surface area (Å²) in [6, 6.07) is 15.5. The Morgan fingerprint density at radius 2 is 1.90 bits per heavy atom. The summed E-state index contributed by atoms with van der Waals surface area (Å²) in [6.07, 6.45) is 5.72. The number of carbonyl (C=O) groups is 1. The molecule has 1 amide bonds. The minimum Gasteiger partial charge on any atom is -0.441 e. The second kappa shape index (κ2) is 8.32. The number of aromatic nitrogens is 2. The molecule has 2 aromatic heterocycles. The molecule has 4 aromatic rings. The standard InChI is InChI=1S/C22H17ClFN3O2/c23-16-5-3-15(4-6-16)20-14-25-22(29-20)10-9-21(28)26-19-13-17(7-8-18(19)24)27-11-1-2-12-27/h1-8,11-14H,9-10H2,(H,26,28). The molecule has 7 heteroatoms. The topological polar surface area (TPSA) is 60.1 Å². The first-order valence-corrected chi connectivity index (χ1v) is 9.40. The summed E-state index contributed by atoms with van der Waals surface area (Å²) in [5.74, 6) is 0.226. The van der Waals surface area contributed by atoms with Gasteiger partial charge in [-0.05, 0) is 54.6 Å². The minimum absolute atomic E-state index is 0.119. The third-order valence-electron chi connectivity index (χ3n) is 4.37. The molecule has 1 N–H and O–H groups in total. The summed E-state index contributed by atoms with van der Waals surface area (Å²) in [7, 11) is 0. The number of rotatable bonds is 6. The monoisotopic (exact) mass is 409 g/mol. The maximum atomic E-state index is 14.1. The van der Waals surface area contributed by atoms with Gasteiger partial charge in [-0.3, -0.25) is 4.79 Å². The molecule has 0 spiro atoms. The van der Waals surface area contributed by atoms with Gasteiger partial charge >= 0.3 is 0 Å². The first-order valence-electron chi connectivity index (χ1n) is 9.02. The van der Waals surface area contributed by atoms with Gasteiger partial charge in [0.15, 0.2) is 11.7 Å². The molecular weight excluding hydrogens is 393 g/mol. The maximum absolute atomic E-state index is 14.1. The van der Waals surface area contributed by atoms with Crippen molar-refractivity contribution in [1.29, 1.82) is 0 Å². The average molecular weight is 410 g/mol. The molecule has 29 heavy (non-hydrogen) atoms. The number of anilines is 1. The average Bonchev–Trinajstić information content (AvgIpc) is 3.41. The zero-order valence-corrected chi connectivity index (χ0v) is 16.1. The first kappa shape index (κ1) is 19.0. The van der Waals surface area contributed by atoms with Crippen LogP contribution in [0.1, 0.15) is 12.3 Å².